The van der Waals surface area contributed by atoms with Crippen LogP contribution in [0.4, 0.5) is 17.1 Å². The molecular formula is C51H44N2. The Bertz CT molecular complexity index is 2720. The van der Waals surface area contributed by atoms with Gasteiger partial charge in [-0.2, -0.15) is 0 Å². The van der Waals surface area contributed by atoms with Crippen LogP contribution in [0.3, 0.4) is 0 Å². The summed E-state index contributed by atoms with van der Waals surface area (Å²) in [5.41, 5.74) is 16.6. The third-order valence-corrected chi connectivity index (χ3v) is 12.9. The van der Waals surface area contributed by atoms with Gasteiger partial charge in [-0.25, -0.2) is 0 Å². The molecule has 0 bridgehead atoms. The molecule has 2 nitrogen and oxygen atoms in total. The van der Waals surface area contributed by atoms with Gasteiger partial charge in [0.05, 0.1) is 0 Å². The second kappa shape index (κ2) is 11.7. The first kappa shape index (κ1) is 31.0. The summed E-state index contributed by atoms with van der Waals surface area (Å²) in [5, 5.41) is 8.03. The maximum Gasteiger partial charge on any atom is 0.0491 e. The van der Waals surface area contributed by atoms with Crippen molar-refractivity contribution in [3.8, 4) is 11.1 Å². The minimum atomic E-state index is -0.0659. The summed E-state index contributed by atoms with van der Waals surface area (Å²) in [5.74, 6) is 0. The fraction of sp³-hybridized carbons (Fsp3) is 0.216. The molecule has 2 heteroatoms. The number of anilines is 3. The SMILES string of the molecule is CC1(C)c2cc(/C=C/c3ccc4ccc5c(N6CCCc7ccccc76)ccc6ccc3c4c65)ccc2-c2ccc(N3CCCC4=C3CCC=C4)cc21. The van der Waals surface area contributed by atoms with Crippen LogP contribution in [0.15, 0.2) is 133 Å². The number of para-hydroxylation sites is 1. The third kappa shape index (κ3) is 4.71. The summed E-state index contributed by atoms with van der Waals surface area (Å²) in [6.45, 7) is 6.99. The van der Waals surface area contributed by atoms with Gasteiger partial charge in [-0.1, -0.05) is 123 Å². The number of allylic oxidation sites excluding steroid dienone is 4. The Morgan fingerprint density at radius 1 is 0.604 bits per heavy atom. The van der Waals surface area contributed by atoms with Gasteiger partial charge in [0.15, 0.2) is 0 Å². The molecule has 0 saturated carbocycles. The van der Waals surface area contributed by atoms with E-state index in [1.165, 1.54) is 108 Å². The molecule has 258 valence electrons. The highest BCUT2D eigenvalue weighted by atomic mass is 15.2. The second-order valence-corrected chi connectivity index (χ2v) is 16.2. The zero-order valence-electron chi connectivity index (χ0n) is 30.8. The standard InChI is InChI=1S/C51H44N2/c1-51(2)44-31-33(16-24-41(44)42-27-23-39(32-45(42)51)52-29-7-11-35-9-3-5-13-46(35)52)15-17-34-18-19-37-21-26-43-48(28-22-38-20-25-40(34)49(37)50(38)43)53-30-8-12-36-10-4-6-14-47(36)53/h3-4,6,9-10,14-28,31-32H,5,7-8,11-13,29-30H2,1-2H3/b17-15+. The maximum absolute atomic E-state index is 2.61. The molecule has 53 heavy (non-hydrogen) atoms. The van der Waals surface area contributed by atoms with Crippen molar-refractivity contribution in [3.63, 3.8) is 0 Å². The molecule has 2 heterocycles. The highest BCUT2D eigenvalue weighted by Gasteiger charge is 2.36. The van der Waals surface area contributed by atoms with Crippen molar-refractivity contribution in [1.29, 1.82) is 0 Å². The molecule has 0 spiro atoms. The summed E-state index contributed by atoms with van der Waals surface area (Å²) in [6.07, 6.45) is 16.5. The van der Waals surface area contributed by atoms with Gasteiger partial charge in [0.25, 0.3) is 0 Å². The molecule has 2 aliphatic carbocycles. The summed E-state index contributed by atoms with van der Waals surface area (Å²) >= 11 is 0. The second-order valence-electron chi connectivity index (χ2n) is 16.2. The molecule has 0 atom stereocenters. The number of fused-ring (bicyclic) bond motifs is 4. The lowest BCUT2D eigenvalue weighted by atomic mass is 9.81. The summed E-state index contributed by atoms with van der Waals surface area (Å²) in [4.78, 5) is 5.16. The number of hydrogen-bond donors (Lipinski definition) is 0. The van der Waals surface area contributed by atoms with Crippen LogP contribution in [0.5, 0.6) is 0 Å². The number of nitrogens with zero attached hydrogens (tertiary/aromatic N) is 2. The van der Waals surface area contributed by atoms with Crippen LogP contribution < -0.4 is 9.80 Å². The van der Waals surface area contributed by atoms with E-state index in [1.807, 2.05) is 0 Å². The van der Waals surface area contributed by atoms with Gasteiger partial charge in [0, 0.05) is 46.6 Å². The normalized spacial score (nSPS) is 17.6. The Balaban J connectivity index is 0.952. The van der Waals surface area contributed by atoms with E-state index < -0.39 is 0 Å². The molecule has 0 amide bonds. The Labute approximate surface area is 312 Å². The lowest BCUT2D eigenvalue weighted by Gasteiger charge is -2.35. The Hall–Kier alpha value is -5.60. The molecule has 0 fully saturated rings. The third-order valence-electron chi connectivity index (χ3n) is 12.9. The van der Waals surface area contributed by atoms with Crippen molar-refractivity contribution < 1.29 is 0 Å². The van der Waals surface area contributed by atoms with E-state index in [-0.39, 0.29) is 5.41 Å². The van der Waals surface area contributed by atoms with E-state index in [0.717, 1.165) is 32.4 Å². The van der Waals surface area contributed by atoms with E-state index in [4.69, 9.17) is 0 Å². The van der Waals surface area contributed by atoms with Gasteiger partial charge >= 0.3 is 0 Å². The largest absolute Gasteiger partial charge is 0.345 e. The van der Waals surface area contributed by atoms with E-state index >= 15 is 0 Å². The quantitative estimate of drug-likeness (QED) is 0.134. The molecule has 0 radical (unpaired) electrons. The van der Waals surface area contributed by atoms with Crippen molar-refractivity contribution in [1.82, 2.24) is 0 Å². The lowest BCUT2D eigenvalue weighted by Crippen LogP contribution is -2.29. The number of rotatable bonds is 4. The number of hydrogen-bond acceptors (Lipinski definition) is 2. The highest BCUT2D eigenvalue weighted by Crippen LogP contribution is 2.51. The Kier molecular flexibility index (Phi) is 6.84. The zero-order valence-corrected chi connectivity index (χ0v) is 30.8. The summed E-state index contributed by atoms with van der Waals surface area (Å²) in [6, 6.07) is 42.0. The smallest absolute Gasteiger partial charge is 0.0491 e. The van der Waals surface area contributed by atoms with Crippen molar-refractivity contribution in [2.75, 3.05) is 22.9 Å². The molecule has 11 rings (SSSR count). The van der Waals surface area contributed by atoms with Crippen molar-refractivity contribution >= 4 is 61.5 Å². The molecule has 2 aliphatic heterocycles. The van der Waals surface area contributed by atoms with Crippen LogP contribution >= 0.6 is 0 Å². The predicted molar refractivity (Wildman–Crippen MR) is 227 cm³/mol. The fourth-order valence-corrected chi connectivity index (χ4v) is 10.3. The molecule has 0 unspecified atom stereocenters. The minimum Gasteiger partial charge on any atom is -0.345 e. The van der Waals surface area contributed by atoms with Crippen molar-refractivity contribution in [3.05, 3.63) is 160 Å². The molecule has 7 aromatic carbocycles. The molecule has 0 N–H and O–H groups in total. The van der Waals surface area contributed by atoms with Gasteiger partial charge in [0.1, 0.15) is 0 Å². The average molecular weight is 685 g/mol. The van der Waals surface area contributed by atoms with E-state index in [0.29, 0.717) is 0 Å². The first-order valence-corrected chi connectivity index (χ1v) is 19.7. The van der Waals surface area contributed by atoms with Gasteiger partial charge in [-0.05, 0) is 134 Å². The van der Waals surface area contributed by atoms with Gasteiger partial charge < -0.3 is 9.80 Å². The van der Waals surface area contributed by atoms with Gasteiger partial charge in [0.2, 0.25) is 0 Å². The topological polar surface area (TPSA) is 6.48 Å². The van der Waals surface area contributed by atoms with Crippen LogP contribution in [-0.4, -0.2) is 13.1 Å². The van der Waals surface area contributed by atoms with E-state index in [2.05, 4.69) is 157 Å². The number of aryl methyl sites for hydroxylation is 1. The van der Waals surface area contributed by atoms with Crippen LogP contribution in [0.2, 0.25) is 0 Å². The van der Waals surface area contributed by atoms with Crippen molar-refractivity contribution in [2.45, 2.75) is 57.8 Å². The first-order chi connectivity index (χ1) is 26.0. The first-order valence-electron chi connectivity index (χ1n) is 19.7. The van der Waals surface area contributed by atoms with E-state index in [9.17, 15) is 0 Å². The van der Waals surface area contributed by atoms with Gasteiger partial charge in [-0.15, -0.1) is 0 Å². The zero-order chi connectivity index (χ0) is 35.3. The van der Waals surface area contributed by atoms with Crippen LogP contribution in [0, 0.1) is 0 Å². The Morgan fingerprint density at radius 2 is 1.34 bits per heavy atom. The average Bonchev–Trinajstić information content (AvgIpc) is 3.43. The summed E-state index contributed by atoms with van der Waals surface area (Å²) in [7, 11) is 0. The lowest BCUT2D eigenvalue weighted by molar-refractivity contribution is 0.657. The van der Waals surface area contributed by atoms with Crippen LogP contribution in [0.25, 0.3) is 55.6 Å². The van der Waals surface area contributed by atoms with Crippen molar-refractivity contribution in [2.24, 2.45) is 0 Å². The van der Waals surface area contributed by atoms with E-state index in [1.54, 1.807) is 11.3 Å². The van der Waals surface area contributed by atoms with Crippen LogP contribution in [-0.2, 0) is 11.8 Å². The minimum absolute atomic E-state index is 0.0659. The molecule has 0 aromatic heterocycles. The predicted octanol–water partition coefficient (Wildman–Crippen LogP) is 13.3. The maximum atomic E-state index is 2.61. The summed E-state index contributed by atoms with van der Waals surface area (Å²) < 4.78 is 0. The van der Waals surface area contributed by atoms with Gasteiger partial charge in [-0.3, -0.25) is 0 Å². The monoisotopic (exact) mass is 684 g/mol. The molecular weight excluding hydrogens is 641 g/mol. The molecule has 7 aromatic rings. The highest BCUT2D eigenvalue weighted by molar-refractivity contribution is 6.26. The number of benzene rings is 7. The molecule has 4 aliphatic rings. The fourth-order valence-electron chi connectivity index (χ4n) is 10.3. The Morgan fingerprint density at radius 3 is 2.25 bits per heavy atom. The molecule has 0 saturated heterocycles. The van der Waals surface area contributed by atoms with Crippen LogP contribution in [0.1, 0.15) is 73.8 Å².